The molecule has 4 rings (SSSR count). The number of hydrogen-bond acceptors (Lipinski definition) is 12. The first-order valence-corrected chi connectivity index (χ1v) is 23.0. The van der Waals surface area contributed by atoms with Gasteiger partial charge in [0.1, 0.15) is 39.6 Å². The van der Waals surface area contributed by atoms with Crippen molar-refractivity contribution < 1.29 is 56.8 Å². The van der Waals surface area contributed by atoms with Crippen LogP contribution in [-0.2, 0) is 28.4 Å². The van der Waals surface area contributed by atoms with Crippen LogP contribution < -0.4 is 28.4 Å². The lowest BCUT2D eigenvalue weighted by Crippen LogP contribution is -2.16. The largest absolute Gasteiger partial charge is 0.487 e. The van der Waals surface area contributed by atoms with Crippen LogP contribution in [-0.4, -0.2) is 154 Å². The first kappa shape index (κ1) is 50.6. The molecular weight excluding hydrogens is 909 g/mol. The van der Waals surface area contributed by atoms with Gasteiger partial charge in [-0.25, -0.2) is 0 Å². The number of halogens is 6. The molecular formula is C42H54Cl6O12. The molecule has 0 fully saturated rings. The summed E-state index contributed by atoms with van der Waals surface area (Å²) in [5, 5.41) is 4.54. The SMILES string of the molecule is ClCCOCCOc1ccc2c3ccccc3c3c(OCCOCCCl)c(OCCOCCCl)c(OCCOCCCl)c(OCCOCCCl)c3c2c1OCCOCCCl. The molecule has 4 aromatic carbocycles. The van der Waals surface area contributed by atoms with Crippen molar-refractivity contribution in [3.8, 4) is 34.5 Å². The number of ether oxygens (including phenoxy) is 12. The summed E-state index contributed by atoms with van der Waals surface area (Å²) in [6, 6.07) is 11.9. The van der Waals surface area contributed by atoms with Crippen LogP contribution in [0.1, 0.15) is 0 Å². The topological polar surface area (TPSA) is 111 Å². The van der Waals surface area contributed by atoms with Crippen LogP contribution in [0.2, 0.25) is 0 Å². The highest BCUT2D eigenvalue weighted by Gasteiger charge is 2.31. The Bertz CT molecular complexity index is 1790. The predicted octanol–water partition coefficient (Wildman–Crippen LogP) is 8.95. The van der Waals surface area contributed by atoms with E-state index in [1.54, 1.807) is 0 Å². The molecule has 60 heavy (non-hydrogen) atoms. The van der Waals surface area contributed by atoms with Gasteiger partial charge in [-0.2, -0.15) is 0 Å². The molecule has 0 amide bonds. The van der Waals surface area contributed by atoms with Gasteiger partial charge >= 0.3 is 0 Å². The van der Waals surface area contributed by atoms with Gasteiger partial charge in [-0.05, 0) is 28.3 Å². The minimum absolute atomic E-state index is 0.113. The standard InChI is InChI=1S/C42H54Cl6O12/c43-7-13-49-19-25-55-34-6-5-33-31-3-1-2-4-32(31)36-37(35(33)38(34)56-26-20-50-14-8-44)40(58-28-22-52-16-10-46)42(60-30-24-54-18-12-48)41(59-29-23-53-17-11-47)39(36)57-27-21-51-15-9-45/h1-6H,7-30H2. The second kappa shape index (κ2) is 30.9. The first-order chi connectivity index (χ1) is 29.7. The van der Waals surface area contributed by atoms with E-state index in [4.69, 9.17) is 126 Å². The Kier molecular flexibility index (Phi) is 26.1. The number of alkyl halides is 6. The summed E-state index contributed by atoms with van der Waals surface area (Å²) in [6.45, 7) is 4.57. The zero-order valence-corrected chi connectivity index (χ0v) is 38.1. The number of rotatable bonds is 36. The van der Waals surface area contributed by atoms with Gasteiger partial charge in [0.05, 0.1) is 79.3 Å². The smallest absolute Gasteiger partial charge is 0.208 e. The summed E-state index contributed by atoms with van der Waals surface area (Å²) in [5.74, 6) is 4.22. The van der Waals surface area contributed by atoms with Crippen LogP contribution in [0.4, 0.5) is 0 Å². The van der Waals surface area contributed by atoms with Gasteiger partial charge in [0, 0.05) is 51.4 Å². The van der Waals surface area contributed by atoms with Crippen LogP contribution in [0, 0.1) is 0 Å². The molecule has 0 spiro atoms. The zero-order valence-electron chi connectivity index (χ0n) is 33.6. The van der Waals surface area contributed by atoms with E-state index in [0.717, 1.165) is 16.2 Å². The number of benzene rings is 4. The zero-order chi connectivity index (χ0) is 42.6. The van der Waals surface area contributed by atoms with Gasteiger partial charge in [0.15, 0.2) is 23.0 Å². The molecule has 0 saturated carbocycles. The molecule has 0 aliphatic rings. The lowest BCUT2D eigenvalue weighted by molar-refractivity contribution is 0.0910. The van der Waals surface area contributed by atoms with E-state index in [9.17, 15) is 0 Å². The molecule has 0 heterocycles. The van der Waals surface area contributed by atoms with E-state index in [1.165, 1.54) is 0 Å². The molecule has 4 aromatic rings. The molecule has 0 unspecified atom stereocenters. The van der Waals surface area contributed by atoms with Crippen LogP contribution in [0.5, 0.6) is 34.5 Å². The maximum Gasteiger partial charge on any atom is 0.208 e. The molecule has 336 valence electrons. The van der Waals surface area contributed by atoms with Crippen molar-refractivity contribution in [2.24, 2.45) is 0 Å². The molecule has 0 aliphatic heterocycles. The summed E-state index contributed by atoms with van der Waals surface area (Å²) in [4.78, 5) is 0. The molecule has 0 bridgehead atoms. The lowest BCUT2D eigenvalue weighted by Gasteiger charge is -2.26. The minimum Gasteiger partial charge on any atom is -0.487 e. The summed E-state index contributed by atoms with van der Waals surface area (Å²) in [6.07, 6.45) is 0. The molecule has 0 aromatic heterocycles. The second-order valence-corrected chi connectivity index (χ2v) is 14.6. The maximum absolute atomic E-state index is 6.76. The molecule has 0 aliphatic carbocycles. The summed E-state index contributed by atoms with van der Waals surface area (Å²) in [7, 11) is 0. The summed E-state index contributed by atoms with van der Waals surface area (Å²) >= 11 is 35.5. The third kappa shape index (κ3) is 15.6. The Morgan fingerprint density at radius 1 is 0.267 bits per heavy atom. The van der Waals surface area contributed by atoms with E-state index in [1.807, 2.05) is 36.4 Å². The maximum atomic E-state index is 6.76. The van der Waals surface area contributed by atoms with Crippen LogP contribution in [0.15, 0.2) is 36.4 Å². The predicted molar refractivity (Wildman–Crippen MR) is 241 cm³/mol. The van der Waals surface area contributed by atoms with Crippen molar-refractivity contribution in [2.45, 2.75) is 0 Å². The van der Waals surface area contributed by atoms with Crippen LogP contribution in [0.25, 0.3) is 32.3 Å². The highest BCUT2D eigenvalue weighted by atomic mass is 35.5. The van der Waals surface area contributed by atoms with Crippen molar-refractivity contribution in [1.82, 2.24) is 0 Å². The highest BCUT2D eigenvalue weighted by Crippen LogP contribution is 2.57. The summed E-state index contributed by atoms with van der Waals surface area (Å²) < 4.78 is 74.0. The Hall–Kier alpha value is -2.04. The van der Waals surface area contributed by atoms with Crippen molar-refractivity contribution in [3.63, 3.8) is 0 Å². The van der Waals surface area contributed by atoms with Crippen molar-refractivity contribution in [1.29, 1.82) is 0 Å². The average Bonchev–Trinajstić information content (AvgIpc) is 3.27. The van der Waals surface area contributed by atoms with Crippen LogP contribution in [0.3, 0.4) is 0 Å². The first-order valence-electron chi connectivity index (χ1n) is 19.8. The Balaban J connectivity index is 2.12. The quantitative estimate of drug-likeness (QED) is 0.0247. The van der Waals surface area contributed by atoms with Crippen molar-refractivity contribution in [3.05, 3.63) is 36.4 Å². The fourth-order valence-electron chi connectivity index (χ4n) is 6.09. The monoisotopic (exact) mass is 960 g/mol. The number of hydrogen-bond donors (Lipinski definition) is 0. The minimum atomic E-state index is 0.113. The Morgan fingerprint density at radius 3 is 1.00 bits per heavy atom. The molecule has 0 radical (unpaired) electrons. The molecule has 0 saturated heterocycles. The van der Waals surface area contributed by atoms with Gasteiger partial charge in [0.25, 0.3) is 0 Å². The third-order valence-electron chi connectivity index (χ3n) is 8.37. The van der Waals surface area contributed by atoms with Gasteiger partial charge in [-0.1, -0.05) is 24.3 Å². The Morgan fingerprint density at radius 2 is 0.583 bits per heavy atom. The van der Waals surface area contributed by atoms with E-state index in [0.29, 0.717) is 121 Å². The lowest BCUT2D eigenvalue weighted by atomic mass is 9.91. The van der Waals surface area contributed by atoms with Crippen LogP contribution >= 0.6 is 69.6 Å². The second-order valence-electron chi connectivity index (χ2n) is 12.3. The van der Waals surface area contributed by atoms with E-state index in [2.05, 4.69) is 0 Å². The molecule has 0 N–H and O–H groups in total. The normalized spacial score (nSPS) is 11.5. The summed E-state index contributed by atoms with van der Waals surface area (Å²) in [5.41, 5.74) is 0. The average molecular weight is 964 g/mol. The highest BCUT2D eigenvalue weighted by molar-refractivity contribution is 6.31. The fourth-order valence-corrected chi connectivity index (χ4v) is 6.74. The van der Waals surface area contributed by atoms with Gasteiger partial charge in [-0.15, -0.1) is 69.6 Å². The third-order valence-corrected chi connectivity index (χ3v) is 9.29. The van der Waals surface area contributed by atoms with Crippen molar-refractivity contribution >= 4 is 102 Å². The van der Waals surface area contributed by atoms with Gasteiger partial charge in [0.2, 0.25) is 11.5 Å². The molecule has 18 heteroatoms. The molecule has 12 nitrogen and oxygen atoms in total. The Labute approximate surface area is 381 Å². The number of fused-ring (bicyclic) bond motifs is 6. The van der Waals surface area contributed by atoms with Crippen molar-refractivity contribution in [2.75, 3.05) is 154 Å². The van der Waals surface area contributed by atoms with Gasteiger partial charge < -0.3 is 56.8 Å². The van der Waals surface area contributed by atoms with E-state index < -0.39 is 0 Å². The molecule has 0 atom stereocenters. The fraction of sp³-hybridized carbons (Fsp3) is 0.571. The van der Waals surface area contributed by atoms with Gasteiger partial charge in [-0.3, -0.25) is 0 Å². The van der Waals surface area contributed by atoms with E-state index >= 15 is 0 Å². The van der Waals surface area contributed by atoms with E-state index in [-0.39, 0.29) is 84.2 Å².